The zero-order valence-electron chi connectivity index (χ0n) is 20.1. The first-order chi connectivity index (χ1) is 17.0. The number of hydrogen-bond donors (Lipinski definition) is 2. The minimum atomic E-state index is -0.936. The summed E-state index contributed by atoms with van der Waals surface area (Å²) in [5.74, 6) is -0.556. The Morgan fingerprint density at radius 3 is 2.37 bits per heavy atom. The maximum atomic E-state index is 13.1. The van der Waals surface area contributed by atoms with Crippen LogP contribution in [0.4, 0.5) is 5.69 Å². The maximum absolute atomic E-state index is 13.1. The zero-order valence-corrected chi connectivity index (χ0v) is 20.1. The zero-order chi connectivity index (χ0) is 24.4. The Bertz CT molecular complexity index is 997. The minimum absolute atomic E-state index is 0.117. The number of piperidine rings is 3. The van der Waals surface area contributed by atoms with Gasteiger partial charge in [-0.2, -0.15) is 0 Å². The second-order valence-corrected chi connectivity index (χ2v) is 10.2. The Hall–Kier alpha value is -2.78. The molecule has 3 fully saturated rings. The van der Waals surface area contributed by atoms with Gasteiger partial charge >= 0.3 is 0 Å². The van der Waals surface area contributed by atoms with Gasteiger partial charge in [0.25, 0.3) is 11.8 Å². The van der Waals surface area contributed by atoms with Gasteiger partial charge < -0.3 is 15.0 Å². The fourth-order valence-corrected chi connectivity index (χ4v) is 5.68. The molecule has 1 aromatic rings. The Balaban J connectivity index is 1.13. The Kier molecular flexibility index (Phi) is 7.15. The molecule has 0 aliphatic carbocycles. The molecule has 188 valence electrons. The number of ether oxygens (including phenoxy) is 1. The molecule has 35 heavy (non-hydrogen) atoms. The highest BCUT2D eigenvalue weighted by Crippen LogP contribution is 2.32. The second-order valence-electron chi connectivity index (χ2n) is 10.2. The molecule has 1 unspecified atom stereocenters. The number of imide groups is 2. The van der Waals surface area contributed by atoms with Crippen LogP contribution in [0.15, 0.2) is 18.2 Å². The van der Waals surface area contributed by atoms with Crippen molar-refractivity contribution in [1.29, 1.82) is 0 Å². The summed E-state index contributed by atoms with van der Waals surface area (Å²) < 4.78 is 6.01. The van der Waals surface area contributed by atoms with E-state index in [4.69, 9.17) is 4.74 Å². The summed E-state index contributed by atoms with van der Waals surface area (Å²) in [4.78, 5) is 53.0. The number of nitrogens with one attached hydrogen (secondary N) is 2. The van der Waals surface area contributed by atoms with Crippen LogP contribution >= 0.6 is 0 Å². The van der Waals surface area contributed by atoms with Crippen molar-refractivity contribution in [2.24, 2.45) is 11.8 Å². The predicted octanol–water partition coefficient (Wildman–Crippen LogP) is 1.71. The van der Waals surface area contributed by atoms with Crippen molar-refractivity contribution in [2.75, 3.05) is 44.3 Å². The van der Waals surface area contributed by atoms with Crippen molar-refractivity contribution in [3.8, 4) is 0 Å². The topological polar surface area (TPSA) is 108 Å². The molecule has 0 bridgehead atoms. The smallest absolute Gasteiger partial charge is 0.262 e. The number of nitrogens with zero attached hydrogens (tertiary/aromatic N) is 2. The molecule has 4 aliphatic rings. The summed E-state index contributed by atoms with van der Waals surface area (Å²) in [7, 11) is 0. The molecule has 1 aromatic carbocycles. The van der Waals surface area contributed by atoms with Crippen molar-refractivity contribution in [3.63, 3.8) is 0 Å². The number of benzene rings is 1. The van der Waals surface area contributed by atoms with E-state index in [2.05, 4.69) is 15.5 Å². The first-order valence-corrected chi connectivity index (χ1v) is 12.9. The summed E-state index contributed by atoms with van der Waals surface area (Å²) in [6.07, 6.45) is 5.99. The van der Waals surface area contributed by atoms with Crippen LogP contribution in [-0.2, 0) is 14.3 Å². The highest BCUT2D eigenvalue weighted by Gasteiger charge is 2.44. The van der Waals surface area contributed by atoms with Crippen LogP contribution in [0.1, 0.15) is 65.7 Å². The molecule has 0 radical (unpaired) electrons. The molecule has 9 nitrogen and oxygen atoms in total. The number of hydrogen-bond acceptors (Lipinski definition) is 7. The molecule has 0 aromatic heterocycles. The van der Waals surface area contributed by atoms with Gasteiger partial charge in [0.15, 0.2) is 0 Å². The predicted molar refractivity (Wildman–Crippen MR) is 129 cm³/mol. The first kappa shape index (κ1) is 23.9. The number of anilines is 1. The molecule has 4 heterocycles. The van der Waals surface area contributed by atoms with Crippen LogP contribution < -0.4 is 15.5 Å². The van der Waals surface area contributed by atoms with Crippen LogP contribution in [-0.4, -0.2) is 74.0 Å². The number of amides is 4. The third kappa shape index (κ3) is 5.11. The van der Waals surface area contributed by atoms with Crippen LogP contribution in [0.5, 0.6) is 0 Å². The molecule has 0 spiro atoms. The van der Waals surface area contributed by atoms with E-state index in [9.17, 15) is 19.2 Å². The van der Waals surface area contributed by atoms with Gasteiger partial charge in [0, 0.05) is 38.4 Å². The average molecular weight is 483 g/mol. The number of carbonyl (C=O) groups is 4. The maximum Gasteiger partial charge on any atom is 0.262 e. The lowest BCUT2D eigenvalue weighted by atomic mass is 9.95. The Morgan fingerprint density at radius 2 is 1.63 bits per heavy atom. The summed E-state index contributed by atoms with van der Waals surface area (Å²) in [6, 6.07) is 4.41. The van der Waals surface area contributed by atoms with Gasteiger partial charge in [-0.3, -0.25) is 29.4 Å². The third-order valence-corrected chi connectivity index (χ3v) is 7.89. The molecule has 3 saturated heterocycles. The van der Waals surface area contributed by atoms with E-state index in [1.807, 2.05) is 6.07 Å². The first-order valence-electron chi connectivity index (χ1n) is 12.9. The largest absolute Gasteiger partial charge is 0.381 e. The van der Waals surface area contributed by atoms with Gasteiger partial charge in [-0.05, 0) is 81.6 Å². The average Bonchev–Trinajstić information content (AvgIpc) is 3.12. The van der Waals surface area contributed by atoms with Crippen LogP contribution in [0.3, 0.4) is 0 Å². The lowest BCUT2D eigenvalue weighted by Gasteiger charge is -2.33. The summed E-state index contributed by atoms with van der Waals surface area (Å²) >= 11 is 0. The lowest BCUT2D eigenvalue weighted by Crippen LogP contribution is -2.54. The SMILES string of the molecule is O=C1CCC(N2C(=O)c3ccc(N4CCC(COCCC5CCNCC5)CC4)cc3C2=O)C(=O)N1. The molecular formula is C26H34N4O5. The Labute approximate surface area is 205 Å². The minimum Gasteiger partial charge on any atom is -0.381 e. The standard InChI is InChI=1S/C26H34N4O5/c31-23-4-3-22(24(32)28-23)30-25(33)20-2-1-19(15-21(20)26(30)34)29-12-7-18(8-13-29)16-35-14-9-17-5-10-27-11-6-17/h1-2,15,17-18,22,27H,3-14,16H2,(H,28,31,32). The molecular weight excluding hydrogens is 448 g/mol. The van der Waals surface area contributed by atoms with E-state index < -0.39 is 23.8 Å². The van der Waals surface area contributed by atoms with E-state index in [0.717, 1.165) is 75.2 Å². The molecule has 2 N–H and O–H groups in total. The van der Waals surface area contributed by atoms with Gasteiger partial charge in [0.1, 0.15) is 6.04 Å². The normalized spacial score (nSPS) is 24.2. The summed E-state index contributed by atoms with van der Waals surface area (Å²) in [6.45, 7) is 5.65. The highest BCUT2D eigenvalue weighted by atomic mass is 16.5. The van der Waals surface area contributed by atoms with E-state index in [0.29, 0.717) is 17.0 Å². The molecule has 0 saturated carbocycles. The van der Waals surface area contributed by atoms with Crippen molar-refractivity contribution < 1.29 is 23.9 Å². The second kappa shape index (κ2) is 10.5. The van der Waals surface area contributed by atoms with Gasteiger partial charge in [0.2, 0.25) is 11.8 Å². The highest BCUT2D eigenvalue weighted by molar-refractivity contribution is 6.23. The quantitative estimate of drug-likeness (QED) is 0.450. The van der Waals surface area contributed by atoms with Gasteiger partial charge in [-0.15, -0.1) is 0 Å². The van der Waals surface area contributed by atoms with Crippen LogP contribution in [0, 0.1) is 11.8 Å². The number of fused-ring (bicyclic) bond motifs is 1. The van der Waals surface area contributed by atoms with Crippen LogP contribution in [0.25, 0.3) is 0 Å². The molecule has 5 rings (SSSR count). The molecule has 9 heteroatoms. The van der Waals surface area contributed by atoms with E-state index in [-0.39, 0.29) is 18.7 Å². The summed E-state index contributed by atoms with van der Waals surface area (Å²) in [5.41, 5.74) is 1.57. The molecule has 4 amide bonds. The van der Waals surface area contributed by atoms with E-state index >= 15 is 0 Å². The van der Waals surface area contributed by atoms with E-state index in [1.165, 1.54) is 12.8 Å². The van der Waals surface area contributed by atoms with E-state index in [1.54, 1.807) is 12.1 Å². The van der Waals surface area contributed by atoms with Crippen molar-refractivity contribution in [3.05, 3.63) is 29.3 Å². The van der Waals surface area contributed by atoms with Gasteiger partial charge in [0.05, 0.1) is 11.1 Å². The fourth-order valence-electron chi connectivity index (χ4n) is 5.68. The molecule has 1 atom stereocenters. The van der Waals surface area contributed by atoms with Crippen molar-refractivity contribution in [1.82, 2.24) is 15.5 Å². The van der Waals surface area contributed by atoms with Crippen molar-refractivity contribution >= 4 is 29.3 Å². The van der Waals surface area contributed by atoms with Gasteiger partial charge in [-0.1, -0.05) is 0 Å². The summed E-state index contributed by atoms with van der Waals surface area (Å²) in [5, 5.41) is 5.63. The van der Waals surface area contributed by atoms with Gasteiger partial charge in [-0.25, -0.2) is 0 Å². The number of carbonyl (C=O) groups excluding carboxylic acids is 4. The fraction of sp³-hybridized carbons (Fsp3) is 0.615. The monoisotopic (exact) mass is 482 g/mol. The number of rotatable bonds is 7. The van der Waals surface area contributed by atoms with Crippen LogP contribution in [0.2, 0.25) is 0 Å². The van der Waals surface area contributed by atoms with Crippen molar-refractivity contribution in [2.45, 2.75) is 51.0 Å². The Morgan fingerprint density at radius 1 is 0.886 bits per heavy atom. The lowest BCUT2D eigenvalue weighted by molar-refractivity contribution is -0.136. The third-order valence-electron chi connectivity index (χ3n) is 7.89. The molecule has 4 aliphatic heterocycles.